The first-order valence-electron chi connectivity index (χ1n) is 9.21. The first-order chi connectivity index (χ1) is 14.2. The second kappa shape index (κ2) is 6.12. The number of nitrogens with one attached hydrogen (secondary N) is 1. The summed E-state index contributed by atoms with van der Waals surface area (Å²) in [6.45, 7) is 0.295. The van der Waals surface area contributed by atoms with Gasteiger partial charge in [0.2, 0.25) is 5.95 Å². The molecule has 1 aliphatic heterocycles. The minimum absolute atomic E-state index is 0.209. The van der Waals surface area contributed by atoms with Crippen molar-refractivity contribution in [2.75, 3.05) is 5.32 Å². The first-order valence-corrected chi connectivity index (χ1v) is 9.59. The Balaban J connectivity index is 1.35. The van der Waals surface area contributed by atoms with Crippen molar-refractivity contribution in [2.24, 2.45) is 0 Å². The third-order valence-corrected chi connectivity index (χ3v) is 5.66. The predicted molar refractivity (Wildman–Crippen MR) is 105 cm³/mol. The van der Waals surface area contributed by atoms with Crippen molar-refractivity contribution < 1.29 is 9.13 Å². The standard InChI is InChI=1S/C20H14ClFN6O/c21-17-4-1-10(6-23-17)12-7-24-20(28-9-26-27-19(12)28)25-8-13-14(22)2-3-15-18(13)11-5-16(11)29-15/h1-4,6-7,9,11,16H,5,8H2,(H,24,25)/t11-,16?/m0/s1. The lowest BCUT2D eigenvalue weighted by Gasteiger charge is -2.13. The Morgan fingerprint density at radius 2 is 2.14 bits per heavy atom. The van der Waals surface area contributed by atoms with E-state index in [2.05, 4.69) is 25.5 Å². The normalized spacial score (nSPS) is 19.0. The Morgan fingerprint density at radius 1 is 1.21 bits per heavy atom. The molecule has 9 heteroatoms. The fourth-order valence-electron chi connectivity index (χ4n) is 3.93. The van der Waals surface area contributed by atoms with E-state index in [1.54, 1.807) is 35.3 Å². The van der Waals surface area contributed by atoms with Crippen molar-refractivity contribution in [2.45, 2.75) is 25.0 Å². The van der Waals surface area contributed by atoms with Gasteiger partial charge in [0, 0.05) is 47.1 Å². The second-order valence-electron chi connectivity index (χ2n) is 7.18. The smallest absolute Gasteiger partial charge is 0.210 e. The molecule has 1 saturated carbocycles. The molecule has 1 aliphatic carbocycles. The van der Waals surface area contributed by atoms with Crippen LogP contribution in [0.5, 0.6) is 5.75 Å². The minimum Gasteiger partial charge on any atom is -0.489 e. The molecule has 7 nitrogen and oxygen atoms in total. The van der Waals surface area contributed by atoms with E-state index >= 15 is 0 Å². The molecule has 29 heavy (non-hydrogen) atoms. The topological polar surface area (TPSA) is 77.2 Å². The lowest BCUT2D eigenvalue weighted by atomic mass is 10.0. The molecule has 0 amide bonds. The summed E-state index contributed by atoms with van der Waals surface area (Å²) in [4.78, 5) is 8.61. The SMILES string of the molecule is Fc1ccc2c(c1CNc1ncc(-c3ccc(Cl)nc3)c3nncn13)[C@H]1CC1O2. The van der Waals surface area contributed by atoms with Crippen LogP contribution in [0.1, 0.15) is 23.5 Å². The summed E-state index contributed by atoms with van der Waals surface area (Å²) in [6.07, 6.45) is 6.10. The van der Waals surface area contributed by atoms with E-state index in [1.165, 1.54) is 6.07 Å². The van der Waals surface area contributed by atoms with Gasteiger partial charge in [0.1, 0.15) is 29.2 Å². The zero-order valence-electron chi connectivity index (χ0n) is 15.0. The van der Waals surface area contributed by atoms with E-state index in [4.69, 9.17) is 16.3 Å². The second-order valence-corrected chi connectivity index (χ2v) is 7.57. The number of halogens is 2. The number of aromatic nitrogens is 5. The molecule has 1 fully saturated rings. The lowest BCUT2D eigenvalue weighted by Crippen LogP contribution is -2.10. The van der Waals surface area contributed by atoms with Crippen molar-refractivity contribution in [1.29, 1.82) is 0 Å². The van der Waals surface area contributed by atoms with Crippen molar-refractivity contribution in [3.63, 3.8) is 0 Å². The Hall–Kier alpha value is -3.26. The summed E-state index contributed by atoms with van der Waals surface area (Å²) < 4.78 is 22.1. The molecule has 1 aromatic carbocycles. The summed E-state index contributed by atoms with van der Waals surface area (Å²) in [7, 11) is 0. The summed E-state index contributed by atoms with van der Waals surface area (Å²) in [5.74, 6) is 1.38. The van der Waals surface area contributed by atoms with Crippen LogP contribution in [0, 0.1) is 5.82 Å². The van der Waals surface area contributed by atoms with E-state index in [9.17, 15) is 4.39 Å². The molecule has 144 valence electrons. The molecule has 2 aliphatic rings. The number of hydrogen-bond acceptors (Lipinski definition) is 6. The van der Waals surface area contributed by atoms with Gasteiger partial charge in [-0.2, -0.15) is 0 Å². The Bertz CT molecular complexity index is 1260. The van der Waals surface area contributed by atoms with Crippen molar-refractivity contribution in [1.82, 2.24) is 24.6 Å². The van der Waals surface area contributed by atoms with Gasteiger partial charge < -0.3 is 10.1 Å². The number of fused-ring (bicyclic) bond motifs is 4. The molecule has 1 unspecified atom stereocenters. The van der Waals surface area contributed by atoms with Gasteiger partial charge in [0.15, 0.2) is 5.65 Å². The van der Waals surface area contributed by atoms with E-state index < -0.39 is 0 Å². The molecule has 0 spiro atoms. The van der Waals surface area contributed by atoms with Crippen LogP contribution >= 0.6 is 11.6 Å². The number of benzene rings is 1. The lowest BCUT2D eigenvalue weighted by molar-refractivity contribution is 0.318. The average Bonchev–Trinajstić information content (AvgIpc) is 3.14. The fraction of sp³-hybridized carbons (Fsp3) is 0.200. The largest absolute Gasteiger partial charge is 0.489 e. The van der Waals surface area contributed by atoms with Gasteiger partial charge in [0.05, 0.1) is 0 Å². The third-order valence-electron chi connectivity index (χ3n) is 5.44. The highest BCUT2D eigenvalue weighted by Gasteiger charge is 2.49. The minimum atomic E-state index is -0.240. The molecule has 2 atom stereocenters. The van der Waals surface area contributed by atoms with Crippen LogP contribution in [0.15, 0.2) is 43.0 Å². The maximum absolute atomic E-state index is 14.5. The van der Waals surface area contributed by atoms with Gasteiger partial charge in [-0.15, -0.1) is 10.2 Å². The molecule has 1 N–H and O–H groups in total. The van der Waals surface area contributed by atoms with Gasteiger partial charge in [-0.3, -0.25) is 4.40 Å². The number of pyridine rings is 1. The van der Waals surface area contributed by atoms with Gasteiger partial charge in [0.25, 0.3) is 0 Å². The van der Waals surface area contributed by atoms with Crippen LogP contribution in [0.4, 0.5) is 10.3 Å². The molecule has 6 rings (SSSR count). The molecule has 0 bridgehead atoms. The number of nitrogens with zero attached hydrogens (tertiary/aromatic N) is 5. The number of rotatable bonds is 4. The molecule has 4 heterocycles. The van der Waals surface area contributed by atoms with Gasteiger partial charge >= 0.3 is 0 Å². The van der Waals surface area contributed by atoms with Gasteiger partial charge in [-0.05, 0) is 30.7 Å². The van der Waals surface area contributed by atoms with Crippen LogP contribution < -0.4 is 10.1 Å². The van der Waals surface area contributed by atoms with E-state index in [-0.39, 0.29) is 11.9 Å². The highest BCUT2D eigenvalue weighted by atomic mass is 35.5. The number of ether oxygens (including phenoxy) is 1. The summed E-state index contributed by atoms with van der Waals surface area (Å²) in [5.41, 5.74) is 3.83. The Kier molecular flexibility index (Phi) is 3.52. The van der Waals surface area contributed by atoms with Crippen molar-refractivity contribution in [3.8, 4) is 16.9 Å². The fourth-order valence-corrected chi connectivity index (χ4v) is 4.04. The van der Waals surface area contributed by atoms with E-state index in [0.29, 0.717) is 34.8 Å². The molecule has 0 radical (unpaired) electrons. The predicted octanol–water partition coefficient (Wildman–Crippen LogP) is 3.84. The zero-order chi connectivity index (χ0) is 19.5. The highest BCUT2D eigenvalue weighted by molar-refractivity contribution is 6.29. The molecule has 3 aromatic heterocycles. The molecular weight excluding hydrogens is 395 g/mol. The molecule has 4 aromatic rings. The van der Waals surface area contributed by atoms with Crippen molar-refractivity contribution in [3.05, 3.63) is 65.1 Å². The van der Waals surface area contributed by atoms with Crippen LogP contribution in [0.25, 0.3) is 16.8 Å². The molecular formula is C20H14ClFN6O. The molecule has 0 saturated heterocycles. The van der Waals surface area contributed by atoms with E-state index in [1.807, 2.05) is 6.07 Å². The average molecular weight is 409 g/mol. The van der Waals surface area contributed by atoms with Crippen LogP contribution in [-0.4, -0.2) is 30.7 Å². The highest BCUT2D eigenvalue weighted by Crippen LogP contribution is 2.55. The summed E-state index contributed by atoms with van der Waals surface area (Å²) >= 11 is 5.88. The van der Waals surface area contributed by atoms with Crippen molar-refractivity contribution >= 4 is 23.2 Å². The van der Waals surface area contributed by atoms with Crippen LogP contribution in [0.3, 0.4) is 0 Å². The van der Waals surface area contributed by atoms with Crippen LogP contribution in [-0.2, 0) is 6.54 Å². The quantitative estimate of drug-likeness (QED) is 0.517. The third kappa shape index (κ3) is 2.63. The number of anilines is 1. The van der Waals surface area contributed by atoms with E-state index in [0.717, 1.165) is 28.9 Å². The van der Waals surface area contributed by atoms with Gasteiger partial charge in [-0.25, -0.2) is 14.4 Å². The van der Waals surface area contributed by atoms with Gasteiger partial charge in [-0.1, -0.05) is 11.6 Å². The summed E-state index contributed by atoms with van der Waals surface area (Å²) in [5, 5.41) is 11.9. The maximum atomic E-state index is 14.5. The Morgan fingerprint density at radius 3 is 3.00 bits per heavy atom. The monoisotopic (exact) mass is 408 g/mol. The summed E-state index contributed by atoms with van der Waals surface area (Å²) in [6, 6.07) is 6.73. The first kappa shape index (κ1) is 16.7. The van der Waals surface area contributed by atoms with Crippen LogP contribution in [0.2, 0.25) is 5.15 Å². The Labute approximate surface area is 169 Å². The maximum Gasteiger partial charge on any atom is 0.210 e. The zero-order valence-corrected chi connectivity index (χ0v) is 15.8. The number of hydrogen-bond donors (Lipinski definition) is 1.